The summed E-state index contributed by atoms with van der Waals surface area (Å²) in [5, 5.41) is 0.790. The van der Waals surface area contributed by atoms with Crippen molar-refractivity contribution in [2.75, 3.05) is 26.2 Å². The molecule has 5 nitrogen and oxygen atoms in total. The number of halogens is 1. The first-order valence-corrected chi connectivity index (χ1v) is 10.2. The minimum Gasteiger partial charge on any atom is -0.348 e. The molecule has 26 heavy (non-hydrogen) atoms. The molecule has 2 saturated heterocycles. The van der Waals surface area contributed by atoms with Crippen molar-refractivity contribution in [2.24, 2.45) is 11.8 Å². The molecule has 4 rings (SSSR count). The summed E-state index contributed by atoms with van der Waals surface area (Å²) in [6.45, 7) is 6.71. The van der Waals surface area contributed by atoms with Crippen LogP contribution in [0.2, 0.25) is 5.02 Å². The number of hydrogen-bond acceptors (Lipinski definition) is 4. The van der Waals surface area contributed by atoms with Crippen molar-refractivity contribution in [1.82, 2.24) is 24.8 Å². The number of imidazole rings is 1. The number of pyridine rings is 1. The number of hydrogen-bond donors (Lipinski definition) is 1. The van der Waals surface area contributed by atoms with Crippen LogP contribution in [0.4, 0.5) is 0 Å². The van der Waals surface area contributed by atoms with Gasteiger partial charge < -0.3 is 4.98 Å². The first-order chi connectivity index (χ1) is 12.8. The van der Waals surface area contributed by atoms with Crippen molar-refractivity contribution in [3.05, 3.63) is 47.3 Å². The summed E-state index contributed by atoms with van der Waals surface area (Å²) in [6, 6.07) is 2.04. The monoisotopic (exact) mass is 373 g/mol. The topological polar surface area (TPSA) is 48.1 Å². The molecule has 1 N–H and O–H groups in total. The summed E-state index contributed by atoms with van der Waals surface area (Å²) in [5.41, 5.74) is 1.20. The lowest BCUT2D eigenvalue weighted by molar-refractivity contribution is 0.0901. The summed E-state index contributed by atoms with van der Waals surface area (Å²) >= 11 is 6.26. The molecule has 0 amide bonds. The maximum Gasteiger partial charge on any atom is 0.120 e. The Morgan fingerprint density at radius 1 is 0.962 bits per heavy atom. The van der Waals surface area contributed by atoms with Crippen LogP contribution in [0.25, 0.3) is 0 Å². The molecule has 0 atom stereocenters. The Balaban J connectivity index is 1.21. The van der Waals surface area contributed by atoms with Crippen molar-refractivity contribution < 1.29 is 0 Å². The van der Waals surface area contributed by atoms with Crippen LogP contribution in [0.15, 0.2) is 30.9 Å². The van der Waals surface area contributed by atoms with E-state index in [0.717, 1.165) is 35.8 Å². The minimum absolute atomic E-state index is 0.790. The highest BCUT2D eigenvalue weighted by atomic mass is 35.5. The Bertz CT molecular complexity index is 673. The molecule has 4 heterocycles. The van der Waals surface area contributed by atoms with Crippen molar-refractivity contribution >= 4 is 11.6 Å². The number of H-pyrrole nitrogens is 1. The third-order valence-electron chi connectivity index (χ3n) is 6.11. The van der Waals surface area contributed by atoms with E-state index >= 15 is 0 Å². The van der Waals surface area contributed by atoms with Gasteiger partial charge in [0.1, 0.15) is 5.82 Å². The fraction of sp³-hybridized carbons (Fsp3) is 0.600. The molecule has 2 aliphatic rings. The second-order valence-electron chi connectivity index (χ2n) is 7.73. The lowest BCUT2D eigenvalue weighted by Gasteiger charge is -2.40. The molecule has 0 bridgehead atoms. The summed E-state index contributed by atoms with van der Waals surface area (Å²) in [6.07, 6.45) is 12.7. The predicted molar refractivity (Wildman–Crippen MR) is 104 cm³/mol. The zero-order chi connectivity index (χ0) is 17.8. The zero-order valence-corrected chi connectivity index (χ0v) is 16.0. The van der Waals surface area contributed by atoms with Crippen LogP contribution in [0, 0.1) is 11.8 Å². The van der Waals surface area contributed by atoms with Crippen molar-refractivity contribution in [3.8, 4) is 0 Å². The Kier molecular flexibility index (Phi) is 5.88. The third kappa shape index (κ3) is 4.45. The van der Waals surface area contributed by atoms with E-state index in [9.17, 15) is 0 Å². The molecular formula is C20H28ClN5. The number of nitrogens with one attached hydrogen (secondary N) is 1. The molecule has 2 aromatic heterocycles. The van der Waals surface area contributed by atoms with E-state index in [4.69, 9.17) is 11.6 Å². The lowest BCUT2D eigenvalue weighted by Crippen LogP contribution is -2.40. The predicted octanol–water partition coefficient (Wildman–Crippen LogP) is 3.58. The van der Waals surface area contributed by atoms with Gasteiger partial charge in [0.05, 0.1) is 11.6 Å². The van der Waals surface area contributed by atoms with Gasteiger partial charge in [0.25, 0.3) is 0 Å². The molecule has 140 valence electrons. The minimum atomic E-state index is 0.790. The highest BCUT2D eigenvalue weighted by Gasteiger charge is 2.29. The van der Waals surface area contributed by atoms with Crippen LogP contribution in [-0.4, -0.2) is 50.9 Å². The maximum absolute atomic E-state index is 6.26. The molecule has 0 unspecified atom stereocenters. The van der Waals surface area contributed by atoms with E-state index in [1.807, 2.05) is 24.7 Å². The Morgan fingerprint density at radius 3 is 2.19 bits per heavy atom. The van der Waals surface area contributed by atoms with Gasteiger partial charge in [-0.25, -0.2) is 4.98 Å². The van der Waals surface area contributed by atoms with Gasteiger partial charge in [-0.15, -0.1) is 0 Å². The molecule has 0 saturated carbocycles. The molecular weight excluding hydrogens is 346 g/mol. The number of nitrogens with zero attached hydrogens (tertiary/aromatic N) is 4. The van der Waals surface area contributed by atoms with Gasteiger partial charge in [-0.05, 0) is 75.3 Å². The summed E-state index contributed by atoms with van der Waals surface area (Å²) in [7, 11) is 0. The molecule has 2 aliphatic heterocycles. The molecule has 2 fully saturated rings. The van der Waals surface area contributed by atoms with E-state index < -0.39 is 0 Å². The van der Waals surface area contributed by atoms with E-state index in [2.05, 4.69) is 24.8 Å². The number of rotatable bonds is 5. The van der Waals surface area contributed by atoms with E-state index in [0.29, 0.717) is 0 Å². The fourth-order valence-electron chi connectivity index (χ4n) is 4.53. The standard InChI is InChI=1S/C20H28ClN5/c21-19-13-22-6-1-18(19)14-25-9-2-16(3-10-25)17-4-11-26(12-5-17)15-20-23-7-8-24-20/h1,6-8,13,16-17H,2-5,9-12,14-15H2,(H,23,24). The SMILES string of the molecule is Clc1cnccc1CN1CCC(C2CCN(Cc3ncc[nH]3)CC2)CC1. The molecule has 0 aromatic carbocycles. The van der Waals surface area contributed by atoms with Gasteiger partial charge in [0.15, 0.2) is 0 Å². The normalized spacial score (nSPS) is 21.3. The summed E-state index contributed by atoms with van der Waals surface area (Å²) < 4.78 is 0. The smallest absolute Gasteiger partial charge is 0.120 e. The fourth-order valence-corrected chi connectivity index (χ4v) is 4.71. The largest absolute Gasteiger partial charge is 0.348 e. The van der Waals surface area contributed by atoms with Gasteiger partial charge in [-0.2, -0.15) is 0 Å². The van der Waals surface area contributed by atoms with Crippen LogP contribution in [0.5, 0.6) is 0 Å². The van der Waals surface area contributed by atoms with E-state index in [1.165, 1.54) is 57.4 Å². The number of aromatic nitrogens is 3. The summed E-state index contributed by atoms with van der Waals surface area (Å²) in [5.74, 6) is 2.88. The maximum atomic E-state index is 6.26. The molecule has 6 heteroatoms. The van der Waals surface area contributed by atoms with Crippen LogP contribution in [0.1, 0.15) is 37.1 Å². The number of aromatic amines is 1. The average Bonchev–Trinajstić information content (AvgIpc) is 3.18. The van der Waals surface area contributed by atoms with E-state index in [1.54, 1.807) is 6.20 Å². The van der Waals surface area contributed by atoms with Crippen LogP contribution in [0.3, 0.4) is 0 Å². The van der Waals surface area contributed by atoms with Gasteiger partial charge in [-0.1, -0.05) is 11.6 Å². The second kappa shape index (κ2) is 8.51. The Hall–Kier alpha value is -1.43. The third-order valence-corrected chi connectivity index (χ3v) is 6.45. The van der Waals surface area contributed by atoms with Crippen LogP contribution >= 0.6 is 11.6 Å². The zero-order valence-electron chi connectivity index (χ0n) is 15.3. The highest BCUT2D eigenvalue weighted by molar-refractivity contribution is 6.31. The molecule has 2 aromatic rings. The van der Waals surface area contributed by atoms with E-state index in [-0.39, 0.29) is 0 Å². The Morgan fingerprint density at radius 2 is 1.62 bits per heavy atom. The van der Waals surface area contributed by atoms with Crippen molar-refractivity contribution in [2.45, 2.75) is 38.8 Å². The first-order valence-electron chi connectivity index (χ1n) is 9.79. The average molecular weight is 374 g/mol. The van der Waals surface area contributed by atoms with Crippen LogP contribution in [-0.2, 0) is 13.1 Å². The lowest BCUT2D eigenvalue weighted by atomic mass is 9.78. The van der Waals surface area contributed by atoms with Crippen LogP contribution < -0.4 is 0 Å². The molecule has 0 radical (unpaired) electrons. The summed E-state index contributed by atoms with van der Waals surface area (Å²) in [4.78, 5) is 16.7. The van der Waals surface area contributed by atoms with Gasteiger partial charge >= 0.3 is 0 Å². The van der Waals surface area contributed by atoms with Crippen molar-refractivity contribution in [1.29, 1.82) is 0 Å². The Labute approximate surface area is 160 Å². The van der Waals surface area contributed by atoms with Crippen molar-refractivity contribution in [3.63, 3.8) is 0 Å². The number of piperidine rings is 2. The van der Waals surface area contributed by atoms with Gasteiger partial charge in [-0.3, -0.25) is 14.8 Å². The molecule has 0 spiro atoms. The quantitative estimate of drug-likeness (QED) is 0.870. The molecule has 0 aliphatic carbocycles. The van der Waals surface area contributed by atoms with Gasteiger partial charge in [0.2, 0.25) is 0 Å². The highest BCUT2D eigenvalue weighted by Crippen LogP contribution is 2.33. The van der Waals surface area contributed by atoms with Gasteiger partial charge in [0, 0.05) is 31.3 Å². The second-order valence-corrected chi connectivity index (χ2v) is 8.14. The number of likely N-dealkylation sites (tertiary alicyclic amines) is 2. The first kappa shape index (κ1) is 18.0.